The predicted octanol–water partition coefficient (Wildman–Crippen LogP) is 6.06. The van der Waals surface area contributed by atoms with Crippen LogP contribution in [0, 0.1) is 0 Å². The largest absolute Gasteiger partial charge is 0.325 e. The van der Waals surface area contributed by atoms with Gasteiger partial charge >= 0.3 is 0 Å². The van der Waals surface area contributed by atoms with Gasteiger partial charge in [0.15, 0.2) is 0 Å². The Balaban J connectivity index is 1.74. The summed E-state index contributed by atoms with van der Waals surface area (Å²) in [5, 5.41) is 0.786. The van der Waals surface area contributed by atoms with Crippen LogP contribution >= 0.6 is 11.6 Å². The van der Waals surface area contributed by atoms with Crippen molar-refractivity contribution in [2.75, 3.05) is 0 Å². The quantitative estimate of drug-likeness (QED) is 0.417. The molecule has 0 unspecified atom stereocenters. The van der Waals surface area contributed by atoms with E-state index in [1.165, 1.54) is 46.4 Å². The molecule has 0 atom stereocenters. The minimum Gasteiger partial charge on any atom is -0.325 e. The van der Waals surface area contributed by atoms with E-state index in [2.05, 4.69) is 63.8 Å². The van der Waals surface area contributed by atoms with Gasteiger partial charge in [0.05, 0.1) is 5.69 Å². The SMILES string of the molecule is Clc1ccc(-c2cn3cc(-c4ccccc4)n4c3c2CCCC4)cc1. The summed E-state index contributed by atoms with van der Waals surface area (Å²) in [6.07, 6.45) is 8.14. The number of hydrogen-bond donors (Lipinski definition) is 0. The molecule has 2 aromatic carbocycles. The molecular weight excluding hydrogens is 328 g/mol. The summed E-state index contributed by atoms with van der Waals surface area (Å²) in [6, 6.07) is 18.9. The van der Waals surface area contributed by atoms with Crippen LogP contribution in [-0.4, -0.2) is 8.97 Å². The molecular formula is C22H19ClN2. The van der Waals surface area contributed by atoms with E-state index in [9.17, 15) is 0 Å². The van der Waals surface area contributed by atoms with Crippen molar-refractivity contribution < 1.29 is 0 Å². The van der Waals surface area contributed by atoms with E-state index < -0.39 is 0 Å². The molecule has 1 aliphatic rings. The molecule has 0 bridgehead atoms. The van der Waals surface area contributed by atoms with Gasteiger partial charge in [-0.15, -0.1) is 0 Å². The first-order chi connectivity index (χ1) is 12.3. The Morgan fingerprint density at radius 3 is 2.40 bits per heavy atom. The van der Waals surface area contributed by atoms with Crippen LogP contribution in [0.1, 0.15) is 18.4 Å². The number of imidazole rings is 1. The molecule has 5 rings (SSSR count). The van der Waals surface area contributed by atoms with Crippen molar-refractivity contribution in [1.29, 1.82) is 0 Å². The minimum absolute atomic E-state index is 0.786. The maximum absolute atomic E-state index is 6.07. The molecule has 3 heteroatoms. The summed E-state index contributed by atoms with van der Waals surface area (Å²) < 4.78 is 4.81. The van der Waals surface area contributed by atoms with Crippen molar-refractivity contribution in [2.24, 2.45) is 0 Å². The van der Waals surface area contributed by atoms with Crippen molar-refractivity contribution in [3.8, 4) is 22.4 Å². The van der Waals surface area contributed by atoms with Gasteiger partial charge in [-0.1, -0.05) is 54.1 Å². The van der Waals surface area contributed by atoms with Crippen molar-refractivity contribution >= 4 is 17.2 Å². The van der Waals surface area contributed by atoms with E-state index in [-0.39, 0.29) is 0 Å². The van der Waals surface area contributed by atoms with Gasteiger partial charge in [-0.2, -0.15) is 0 Å². The summed E-state index contributed by atoms with van der Waals surface area (Å²) in [5.41, 5.74) is 7.98. The summed E-state index contributed by atoms with van der Waals surface area (Å²) in [6.45, 7) is 1.08. The van der Waals surface area contributed by atoms with E-state index >= 15 is 0 Å². The maximum Gasteiger partial charge on any atom is 0.121 e. The lowest BCUT2D eigenvalue weighted by atomic mass is 10.0. The summed E-state index contributed by atoms with van der Waals surface area (Å²) in [4.78, 5) is 0. The standard InChI is InChI=1S/C22H19ClN2/c23-18-11-9-16(10-12-18)20-14-24-15-21(17-6-2-1-3-7-17)25-13-5-4-8-19(20)22(24)25/h1-3,6-7,9-12,14-15H,4-5,8,13H2. The maximum atomic E-state index is 6.07. The molecule has 4 aromatic rings. The third kappa shape index (κ3) is 2.40. The number of aromatic nitrogens is 2. The van der Waals surface area contributed by atoms with Gasteiger partial charge in [0.1, 0.15) is 5.65 Å². The van der Waals surface area contributed by atoms with Gasteiger partial charge in [0, 0.05) is 35.1 Å². The predicted molar refractivity (Wildman–Crippen MR) is 104 cm³/mol. The number of benzene rings is 2. The van der Waals surface area contributed by atoms with Crippen LogP contribution in [0.4, 0.5) is 0 Å². The molecule has 3 heterocycles. The molecule has 0 N–H and O–H groups in total. The molecule has 2 aromatic heterocycles. The van der Waals surface area contributed by atoms with Gasteiger partial charge in [-0.05, 0) is 42.5 Å². The molecule has 0 amide bonds. The highest BCUT2D eigenvalue weighted by molar-refractivity contribution is 6.30. The Hall–Kier alpha value is -2.45. The Bertz CT molecular complexity index is 1040. The minimum atomic E-state index is 0.786. The van der Waals surface area contributed by atoms with E-state index in [1.807, 2.05) is 12.1 Å². The van der Waals surface area contributed by atoms with Crippen LogP contribution in [0.3, 0.4) is 0 Å². The highest BCUT2D eigenvalue weighted by atomic mass is 35.5. The monoisotopic (exact) mass is 346 g/mol. The molecule has 2 nitrogen and oxygen atoms in total. The fourth-order valence-electron chi connectivity index (χ4n) is 4.03. The summed E-state index contributed by atoms with van der Waals surface area (Å²) in [7, 11) is 0. The lowest BCUT2D eigenvalue weighted by molar-refractivity contribution is 0.647. The van der Waals surface area contributed by atoms with Crippen LogP contribution in [0.15, 0.2) is 67.0 Å². The Kier molecular flexibility index (Phi) is 3.46. The molecule has 1 aliphatic heterocycles. The zero-order chi connectivity index (χ0) is 16.8. The van der Waals surface area contributed by atoms with Crippen LogP contribution < -0.4 is 0 Å². The fourth-order valence-corrected chi connectivity index (χ4v) is 4.16. The van der Waals surface area contributed by atoms with Crippen molar-refractivity contribution in [2.45, 2.75) is 25.8 Å². The highest BCUT2D eigenvalue weighted by Gasteiger charge is 2.21. The number of rotatable bonds is 2. The van der Waals surface area contributed by atoms with Crippen molar-refractivity contribution in [3.05, 3.63) is 77.6 Å². The van der Waals surface area contributed by atoms with Crippen LogP contribution in [0.5, 0.6) is 0 Å². The van der Waals surface area contributed by atoms with Crippen LogP contribution in [0.2, 0.25) is 5.02 Å². The van der Waals surface area contributed by atoms with E-state index in [4.69, 9.17) is 11.6 Å². The second-order valence-corrected chi connectivity index (χ2v) is 7.18. The third-order valence-corrected chi connectivity index (χ3v) is 5.45. The normalized spacial score (nSPS) is 14.0. The average molecular weight is 347 g/mol. The first-order valence-electron chi connectivity index (χ1n) is 8.86. The molecule has 0 saturated carbocycles. The molecule has 124 valence electrons. The van der Waals surface area contributed by atoms with Crippen molar-refractivity contribution in [3.63, 3.8) is 0 Å². The van der Waals surface area contributed by atoms with Crippen LogP contribution in [-0.2, 0) is 13.0 Å². The smallest absolute Gasteiger partial charge is 0.121 e. The number of aryl methyl sites for hydroxylation is 2. The lowest BCUT2D eigenvalue weighted by Gasteiger charge is -2.08. The molecule has 0 aliphatic carbocycles. The Morgan fingerprint density at radius 1 is 0.800 bits per heavy atom. The van der Waals surface area contributed by atoms with Gasteiger partial charge in [0.2, 0.25) is 0 Å². The van der Waals surface area contributed by atoms with Gasteiger partial charge < -0.3 is 8.97 Å². The van der Waals surface area contributed by atoms with Crippen molar-refractivity contribution in [1.82, 2.24) is 8.97 Å². The second kappa shape index (κ2) is 5.82. The number of halogens is 1. The average Bonchev–Trinajstić information content (AvgIpc) is 3.08. The third-order valence-electron chi connectivity index (χ3n) is 5.20. The van der Waals surface area contributed by atoms with Gasteiger partial charge in [-0.25, -0.2) is 0 Å². The molecule has 0 fully saturated rings. The number of nitrogens with zero attached hydrogens (tertiary/aromatic N) is 2. The summed E-state index contributed by atoms with van der Waals surface area (Å²) in [5.74, 6) is 0. The molecule has 0 spiro atoms. The molecule has 0 saturated heterocycles. The Morgan fingerprint density at radius 2 is 1.60 bits per heavy atom. The lowest BCUT2D eigenvalue weighted by Crippen LogP contribution is -1.98. The van der Waals surface area contributed by atoms with E-state index in [0.717, 1.165) is 18.0 Å². The first kappa shape index (κ1) is 14.9. The van der Waals surface area contributed by atoms with Gasteiger partial charge in [-0.3, -0.25) is 0 Å². The highest BCUT2D eigenvalue weighted by Crippen LogP contribution is 2.36. The zero-order valence-electron chi connectivity index (χ0n) is 14.0. The zero-order valence-corrected chi connectivity index (χ0v) is 14.7. The van der Waals surface area contributed by atoms with E-state index in [0.29, 0.717) is 0 Å². The summed E-state index contributed by atoms with van der Waals surface area (Å²) >= 11 is 6.07. The topological polar surface area (TPSA) is 9.34 Å². The number of hydrogen-bond acceptors (Lipinski definition) is 0. The second-order valence-electron chi connectivity index (χ2n) is 6.75. The Labute approximate surface area is 152 Å². The molecule has 25 heavy (non-hydrogen) atoms. The van der Waals surface area contributed by atoms with E-state index in [1.54, 1.807) is 0 Å². The fraction of sp³-hybridized carbons (Fsp3) is 0.182. The van der Waals surface area contributed by atoms with Gasteiger partial charge in [0.25, 0.3) is 0 Å². The molecule has 0 radical (unpaired) electrons. The van der Waals surface area contributed by atoms with Crippen LogP contribution in [0.25, 0.3) is 28.0 Å². The first-order valence-corrected chi connectivity index (χ1v) is 9.23.